The Bertz CT molecular complexity index is 382. The molecule has 0 spiro atoms. The van der Waals surface area contributed by atoms with E-state index in [0.29, 0.717) is 12.1 Å². The van der Waals surface area contributed by atoms with Gasteiger partial charge in [-0.25, -0.2) is 0 Å². The third kappa shape index (κ3) is 3.98. The second kappa shape index (κ2) is 6.80. The molecular weight excluding hydrogens is 264 g/mol. The predicted molar refractivity (Wildman–Crippen MR) is 81.6 cm³/mol. The Morgan fingerprint density at radius 2 is 1.00 bits per heavy atom. The topological polar surface area (TPSA) is 58.2 Å². The fourth-order valence-corrected chi connectivity index (χ4v) is 3.88. The van der Waals surface area contributed by atoms with E-state index in [0.717, 1.165) is 32.1 Å². The Morgan fingerprint density at radius 1 is 0.619 bits per heavy atom. The Morgan fingerprint density at radius 3 is 1.43 bits per heavy atom. The maximum absolute atomic E-state index is 12.2. The number of carbonyl (C=O) groups excluding carboxylic acids is 2. The summed E-state index contributed by atoms with van der Waals surface area (Å²) in [6, 6.07) is 0.711. The van der Waals surface area contributed by atoms with Crippen LogP contribution in [0.25, 0.3) is 0 Å². The zero-order valence-electron chi connectivity index (χ0n) is 12.9. The number of hydrogen-bond donors (Lipinski definition) is 2. The van der Waals surface area contributed by atoms with E-state index in [1.54, 1.807) is 0 Å². The van der Waals surface area contributed by atoms with Crippen LogP contribution in [0.1, 0.15) is 70.6 Å². The van der Waals surface area contributed by atoms with Crippen LogP contribution in [-0.4, -0.2) is 23.9 Å². The fraction of sp³-hybridized carbons (Fsp3) is 0.882. The van der Waals surface area contributed by atoms with Crippen LogP contribution < -0.4 is 10.6 Å². The molecule has 21 heavy (non-hydrogen) atoms. The molecule has 0 saturated heterocycles. The molecule has 0 aromatic carbocycles. The molecule has 3 aliphatic carbocycles. The van der Waals surface area contributed by atoms with Crippen LogP contribution in [0.3, 0.4) is 0 Å². The molecule has 0 bridgehead atoms. The molecule has 4 heteroatoms. The zero-order chi connectivity index (χ0) is 14.7. The van der Waals surface area contributed by atoms with E-state index in [4.69, 9.17) is 0 Å². The van der Waals surface area contributed by atoms with Crippen molar-refractivity contribution in [2.75, 3.05) is 0 Å². The lowest BCUT2D eigenvalue weighted by atomic mass is 10.1. The normalized spacial score (nSPS) is 30.7. The average Bonchev–Trinajstić information content (AvgIpc) is 3.19. The first-order valence-corrected chi connectivity index (χ1v) is 8.85. The Balaban J connectivity index is 1.41. The summed E-state index contributed by atoms with van der Waals surface area (Å²) >= 11 is 0. The van der Waals surface area contributed by atoms with Crippen molar-refractivity contribution in [3.8, 4) is 0 Å². The fourth-order valence-electron chi connectivity index (χ4n) is 3.88. The van der Waals surface area contributed by atoms with Gasteiger partial charge in [0.2, 0.25) is 11.8 Å². The van der Waals surface area contributed by atoms with E-state index in [-0.39, 0.29) is 23.7 Å². The van der Waals surface area contributed by atoms with Gasteiger partial charge in [-0.15, -0.1) is 0 Å². The number of rotatable bonds is 4. The van der Waals surface area contributed by atoms with E-state index in [9.17, 15) is 9.59 Å². The summed E-state index contributed by atoms with van der Waals surface area (Å²) in [6.07, 6.45) is 12.7. The molecule has 2 amide bonds. The van der Waals surface area contributed by atoms with Crippen molar-refractivity contribution in [3.63, 3.8) is 0 Å². The summed E-state index contributed by atoms with van der Waals surface area (Å²) in [5.41, 5.74) is 0. The van der Waals surface area contributed by atoms with E-state index in [1.807, 2.05) is 0 Å². The summed E-state index contributed by atoms with van der Waals surface area (Å²) in [7, 11) is 0. The highest BCUT2D eigenvalue weighted by atomic mass is 16.2. The molecule has 2 unspecified atom stereocenters. The molecule has 2 atom stereocenters. The summed E-state index contributed by atoms with van der Waals surface area (Å²) in [5.74, 6) is 0.113. The Labute approximate surface area is 127 Å². The molecule has 0 aromatic heterocycles. The van der Waals surface area contributed by atoms with Gasteiger partial charge in [-0.1, -0.05) is 38.5 Å². The average molecular weight is 292 g/mol. The first-order chi connectivity index (χ1) is 10.2. The molecule has 3 rings (SSSR count). The van der Waals surface area contributed by atoms with Crippen molar-refractivity contribution < 1.29 is 9.59 Å². The van der Waals surface area contributed by atoms with Gasteiger partial charge in [0.05, 0.1) is 11.8 Å². The van der Waals surface area contributed by atoms with Crippen molar-refractivity contribution in [2.24, 2.45) is 11.8 Å². The highest BCUT2D eigenvalue weighted by Crippen LogP contribution is 2.39. The summed E-state index contributed by atoms with van der Waals surface area (Å²) in [5, 5.41) is 6.30. The van der Waals surface area contributed by atoms with Crippen LogP contribution in [-0.2, 0) is 9.59 Å². The van der Waals surface area contributed by atoms with Crippen molar-refractivity contribution in [1.82, 2.24) is 10.6 Å². The minimum absolute atomic E-state index is 0.0589. The number of carbonyl (C=O) groups is 2. The van der Waals surface area contributed by atoms with Gasteiger partial charge in [0.25, 0.3) is 0 Å². The van der Waals surface area contributed by atoms with Crippen LogP contribution >= 0.6 is 0 Å². The lowest BCUT2D eigenvalue weighted by molar-refractivity contribution is -0.128. The lowest BCUT2D eigenvalue weighted by Gasteiger charge is -2.16. The van der Waals surface area contributed by atoms with Gasteiger partial charge in [-0.2, -0.15) is 0 Å². The molecule has 2 N–H and O–H groups in total. The van der Waals surface area contributed by atoms with Gasteiger partial charge in [-0.05, 0) is 32.1 Å². The van der Waals surface area contributed by atoms with Crippen molar-refractivity contribution in [1.29, 1.82) is 0 Å². The monoisotopic (exact) mass is 292 g/mol. The van der Waals surface area contributed by atoms with Gasteiger partial charge < -0.3 is 10.6 Å². The minimum atomic E-state index is -0.0605. The van der Waals surface area contributed by atoms with Crippen molar-refractivity contribution in [2.45, 2.75) is 82.7 Å². The summed E-state index contributed by atoms with van der Waals surface area (Å²) in [4.78, 5) is 24.4. The van der Waals surface area contributed by atoms with E-state index < -0.39 is 0 Å². The summed E-state index contributed by atoms with van der Waals surface area (Å²) in [6.45, 7) is 0. The van der Waals surface area contributed by atoms with Gasteiger partial charge in [0, 0.05) is 12.1 Å². The predicted octanol–water partition coefficient (Wildman–Crippen LogP) is 2.52. The molecule has 0 aromatic rings. The first kappa shape index (κ1) is 14.9. The maximum Gasteiger partial charge on any atom is 0.224 e. The van der Waals surface area contributed by atoms with Gasteiger partial charge in [-0.3, -0.25) is 9.59 Å². The Kier molecular flexibility index (Phi) is 4.81. The van der Waals surface area contributed by atoms with Gasteiger partial charge in [0.1, 0.15) is 0 Å². The molecule has 3 fully saturated rings. The van der Waals surface area contributed by atoms with Crippen LogP contribution in [0.15, 0.2) is 0 Å². The third-order valence-electron chi connectivity index (χ3n) is 5.37. The second-order valence-corrected chi connectivity index (χ2v) is 7.14. The van der Waals surface area contributed by atoms with Crippen LogP contribution in [0, 0.1) is 11.8 Å². The molecule has 0 radical (unpaired) electrons. The van der Waals surface area contributed by atoms with Crippen molar-refractivity contribution in [3.05, 3.63) is 0 Å². The molecule has 4 nitrogen and oxygen atoms in total. The molecular formula is C17H28N2O2. The van der Waals surface area contributed by atoms with E-state index in [2.05, 4.69) is 10.6 Å². The van der Waals surface area contributed by atoms with Gasteiger partial charge >= 0.3 is 0 Å². The van der Waals surface area contributed by atoms with Crippen LogP contribution in [0.5, 0.6) is 0 Å². The van der Waals surface area contributed by atoms with Crippen molar-refractivity contribution >= 4 is 11.8 Å². The standard InChI is InChI=1S/C17H28N2O2/c20-16(18-12-7-3-1-2-4-8-12)14-11-15(14)17(21)19-13-9-5-6-10-13/h12-15H,1-11H2,(H,18,20)(H,19,21). The van der Waals surface area contributed by atoms with E-state index in [1.165, 1.54) is 38.5 Å². The van der Waals surface area contributed by atoms with Crippen LogP contribution in [0.4, 0.5) is 0 Å². The molecule has 0 aliphatic heterocycles. The summed E-state index contributed by atoms with van der Waals surface area (Å²) < 4.78 is 0. The molecule has 3 saturated carbocycles. The third-order valence-corrected chi connectivity index (χ3v) is 5.37. The van der Waals surface area contributed by atoms with Gasteiger partial charge in [0.15, 0.2) is 0 Å². The van der Waals surface area contributed by atoms with Crippen LogP contribution in [0.2, 0.25) is 0 Å². The lowest BCUT2D eigenvalue weighted by Crippen LogP contribution is -2.38. The highest BCUT2D eigenvalue weighted by Gasteiger charge is 2.48. The van der Waals surface area contributed by atoms with E-state index >= 15 is 0 Å². The second-order valence-electron chi connectivity index (χ2n) is 7.14. The molecule has 118 valence electrons. The first-order valence-electron chi connectivity index (χ1n) is 8.85. The quantitative estimate of drug-likeness (QED) is 0.782. The smallest absolute Gasteiger partial charge is 0.224 e. The largest absolute Gasteiger partial charge is 0.353 e. The Hall–Kier alpha value is -1.06. The number of hydrogen-bond acceptors (Lipinski definition) is 2. The number of amides is 2. The SMILES string of the molecule is O=C(NC1CCCCCC1)C1CC1C(=O)NC1CCCC1. The number of nitrogens with one attached hydrogen (secondary N) is 2. The zero-order valence-corrected chi connectivity index (χ0v) is 12.9. The molecule has 3 aliphatic rings. The molecule has 0 heterocycles. The maximum atomic E-state index is 12.2. The minimum Gasteiger partial charge on any atom is -0.353 e. The highest BCUT2D eigenvalue weighted by molar-refractivity contribution is 5.92.